The molecule has 0 fully saturated rings. The highest BCUT2D eigenvalue weighted by atomic mass is 32.1. The number of carbonyl (C=O) groups excluding carboxylic acids is 1. The normalized spacial score (nSPS) is 10.7. The van der Waals surface area contributed by atoms with Crippen LogP contribution in [-0.2, 0) is 0 Å². The van der Waals surface area contributed by atoms with Gasteiger partial charge in [0.05, 0.1) is 10.2 Å². The highest BCUT2D eigenvalue weighted by molar-refractivity contribution is 7.20. The number of rotatable bonds is 2. The molecule has 0 saturated heterocycles. The van der Waals surface area contributed by atoms with Crippen LogP contribution in [0.3, 0.4) is 0 Å². The first kappa shape index (κ1) is 12.7. The van der Waals surface area contributed by atoms with Gasteiger partial charge in [-0.2, -0.15) is 0 Å². The summed E-state index contributed by atoms with van der Waals surface area (Å²) in [6.45, 7) is 0. The molecule has 0 bridgehead atoms. The van der Waals surface area contributed by atoms with Crippen LogP contribution < -0.4 is 5.32 Å². The van der Waals surface area contributed by atoms with Crippen LogP contribution >= 0.6 is 11.3 Å². The predicted molar refractivity (Wildman–Crippen MR) is 73.9 cm³/mol. The SMILES string of the molecule is O=C(Nc1ccc(F)c(F)c1)c1nc2ccccc2s1. The average molecular weight is 290 g/mol. The molecule has 3 aromatic rings. The van der Waals surface area contributed by atoms with Crippen LogP contribution in [0, 0.1) is 11.6 Å². The lowest BCUT2D eigenvalue weighted by Crippen LogP contribution is -2.11. The van der Waals surface area contributed by atoms with E-state index in [1.54, 1.807) is 6.07 Å². The van der Waals surface area contributed by atoms with Gasteiger partial charge in [0.1, 0.15) is 0 Å². The lowest BCUT2D eigenvalue weighted by molar-refractivity contribution is 0.102. The molecule has 1 aromatic heterocycles. The van der Waals surface area contributed by atoms with E-state index in [4.69, 9.17) is 0 Å². The van der Waals surface area contributed by atoms with Crippen molar-refractivity contribution in [3.05, 3.63) is 59.1 Å². The lowest BCUT2D eigenvalue weighted by atomic mass is 10.3. The second-order valence-electron chi connectivity index (χ2n) is 4.07. The van der Waals surface area contributed by atoms with Gasteiger partial charge in [-0.1, -0.05) is 12.1 Å². The Bertz CT molecular complexity index is 768. The van der Waals surface area contributed by atoms with E-state index in [0.717, 1.165) is 22.3 Å². The topological polar surface area (TPSA) is 42.0 Å². The van der Waals surface area contributed by atoms with Gasteiger partial charge < -0.3 is 5.32 Å². The van der Waals surface area contributed by atoms with Crippen molar-refractivity contribution in [1.82, 2.24) is 4.98 Å². The van der Waals surface area contributed by atoms with E-state index >= 15 is 0 Å². The van der Waals surface area contributed by atoms with E-state index in [-0.39, 0.29) is 10.7 Å². The quantitative estimate of drug-likeness (QED) is 0.779. The number of hydrogen-bond donors (Lipinski definition) is 1. The molecule has 0 aliphatic heterocycles. The summed E-state index contributed by atoms with van der Waals surface area (Å²) in [5, 5.41) is 2.76. The number of anilines is 1. The van der Waals surface area contributed by atoms with E-state index < -0.39 is 17.5 Å². The molecule has 3 rings (SSSR count). The number of para-hydroxylation sites is 1. The number of amides is 1. The van der Waals surface area contributed by atoms with Crippen LogP contribution in [0.25, 0.3) is 10.2 Å². The Balaban J connectivity index is 1.86. The van der Waals surface area contributed by atoms with E-state index in [1.807, 2.05) is 18.2 Å². The Hall–Kier alpha value is -2.34. The summed E-state index contributed by atoms with van der Waals surface area (Å²) in [4.78, 5) is 16.2. The molecule has 0 aliphatic rings. The number of fused-ring (bicyclic) bond motifs is 1. The van der Waals surface area contributed by atoms with Gasteiger partial charge in [-0.05, 0) is 24.3 Å². The van der Waals surface area contributed by atoms with Crippen molar-refractivity contribution < 1.29 is 13.6 Å². The largest absolute Gasteiger partial charge is 0.320 e. The molecule has 0 spiro atoms. The summed E-state index contributed by atoms with van der Waals surface area (Å²) in [6, 6.07) is 10.5. The number of nitrogens with zero attached hydrogens (tertiary/aromatic N) is 1. The fourth-order valence-corrected chi connectivity index (χ4v) is 2.59. The van der Waals surface area contributed by atoms with Gasteiger partial charge in [0.2, 0.25) is 0 Å². The minimum atomic E-state index is -1.01. The van der Waals surface area contributed by atoms with Crippen molar-refractivity contribution in [1.29, 1.82) is 0 Å². The first-order valence-electron chi connectivity index (χ1n) is 5.75. The standard InChI is InChI=1S/C14H8F2N2OS/c15-9-6-5-8(7-10(9)16)17-13(19)14-18-11-3-1-2-4-12(11)20-14/h1-7H,(H,17,19). The Labute approximate surface area is 116 Å². The highest BCUT2D eigenvalue weighted by Gasteiger charge is 2.13. The van der Waals surface area contributed by atoms with Crippen LogP contribution in [0.5, 0.6) is 0 Å². The third kappa shape index (κ3) is 2.37. The van der Waals surface area contributed by atoms with E-state index in [0.29, 0.717) is 0 Å². The van der Waals surface area contributed by atoms with Crippen LogP contribution in [0.1, 0.15) is 9.80 Å². The summed E-state index contributed by atoms with van der Waals surface area (Å²) in [7, 11) is 0. The smallest absolute Gasteiger partial charge is 0.284 e. The van der Waals surface area contributed by atoms with Gasteiger partial charge in [0.15, 0.2) is 16.6 Å². The van der Waals surface area contributed by atoms with Crippen molar-refractivity contribution in [2.24, 2.45) is 0 Å². The minimum absolute atomic E-state index is 0.188. The summed E-state index contributed by atoms with van der Waals surface area (Å²) >= 11 is 1.24. The van der Waals surface area contributed by atoms with Crippen LogP contribution in [0.2, 0.25) is 0 Å². The third-order valence-electron chi connectivity index (χ3n) is 2.67. The zero-order chi connectivity index (χ0) is 14.1. The maximum atomic E-state index is 13.1. The molecule has 1 N–H and O–H groups in total. The first-order chi connectivity index (χ1) is 9.63. The van der Waals surface area contributed by atoms with E-state index in [1.165, 1.54) is 17.4 Å². The summed E-state index contributed by atoms with van der Waals surface area (Å²) in [6.07, 6.45) is 0. The molecule has 2 aromatic carbocycles. The molecular formula is C14H8F2N2OS. The van der Waals surface area contributed by atoms with Gasteiger partial charge in [-0.25, -0.2) is 13.8 Å². The molecule has 0 atom stereocenters. The second kappa shape index (κ2) is 4.97. The number of aromatic nitrogens is 1. The van der Waals surface area contributed by atoms with Gasteiger partial charge in [0, 0.05) is 11.8 Å². The van der Waals surface area contributed by atoms with Crippen molar-refractivity contribution in [3.63, 3.8) is 0 Å². The van der Waals surface area contributed by atoms with Gasteiger partial charge in [-0.15, -0.1) is 11.3 Å². The fourth-order valence-electron chi connectivity index (χ4n) is 1.73. The van der Waals surface area contributed by atoms with E-state index in [2.05, 4.69) is 10.3 Å². The molecule has 0 radical (unpaired) electrons. The summed E-state index contributed by atoms with van der Waals surface area (Å²) < 4.78 is 26.8. The van der Waals surface area contributed by atoms with Crippen molar-refractivity contribution >= 4 is 33.1 Å². The van der Waals surface area contributed by atoms with E-state index in [9.17, 15) is 13.6 Å². The Morgan fingerprint density at radius 2 is 1.90 bits per heavy atom. The van der Waals surface area contributed by atoms with Crippen LogP contribution in [0.15, 0.2) is 42.5 Å². The molecule has 1 heterocycles. The Kier molecular flexibility index (Phi) is 3.15. The van der Waals surface area contributed by atoms with Crippen molar-refractivity contribution in [2.45, 2.75) is 0 Å². The van der Waals surface area contributed by atoms with Crippen LogP contribution in [-0.4, -0.2) is 10.9 Å². The molecule has 3 nitrogen and oxygen atoms in total. The van der Waals surface area contributed by atoms with Crippen molar-refractivity contribution in [2.75, 3.05) is 5.32 Å². The third-order valence-corrected chi connectivity index (χ3v) is 3.70. The van der Waals surface area contributed by atoms with Gasteiger partial charge in [0.25, 0.3) is 5.91 Å². The number of hydrogen-bond acceptors (Lipinski definition) is 3. The second-order valence-corrected chi connectivity index (χ2v) is 5.10. The molecule has 100 valence electrons. The number of halogens is 2. The molecular weight excluding hydrogens is 282 g/mol. The van der Waals surface area contributed by atoms with Gasteiger partial charge in [-0.3, -0.25) is 4.79 Å². The maximum Gasteiger partial charge on any atom is 0.284 e. The number of nitrogens with one attached hydrogen (secondary N) is 1. The fraction of sp³-hybridized carbons (Fsp3) is 0. The lowest BCUT2D eigenvalue weighted by Gasteiger charge is -2.02. The molecule has 0 unspecified atom stereocenters. The number of carbonyl (C=O) groups is 1. The zero-order valence-corrected chi connectivity index (χ0v) is 10.9. The van der Waals surface area contributed by atoms with Gasteiger partial charge >= 0.3 is 0 Å². The Morgan fingerprint density at radius 3 is 2.65 bits per heavy atom. The van der Waals surface area contributed by atoms with Crippen LogP contribution in [0.4, 0.5) is 14.5 Å². The first-order valence-corrected chi connectivity index (χ1v) is 6.57. The molecule has 20 heavy (non-hydrogen) atoms. The molecule has 6 heteroatoms. The Morgan fingerprint density at radius 1 is 1.10 bits per heavy atom. The minimum Gasteiger partial charge on any atom is -0.320 e. The maximum absolute atomic E-state index is 13.1. The summed E-state index contributed by atoms with van der Waals surface area (Å²) in [5.41, 5.74) is 0.918. The predicted octanol–water partition coefficient (Wildman–Crippen LogP) is 3.83. The summed E-state index contributed by atoms with van der Waals surface area (Å²) in [5.74, 6) is -2.41. The molecule has 1 amide bonds. The monoisotopic (exact) mass is 290 g/mol. The molecule has 0 aliphatic carbocycles. The molecule has 0 saturated carbocycles. The average Bonchev–Trinajstić information content (AvgIpc) is 2.87. The number of benzene rings is 2. The zero-order valence-electron chi connectivity index (χ0n) is 10.1. The van der Waals surface area contributed by atoms with Crippen molar-refractivity contribution in [3.8, 4) is 0 Å². The number of thiazole rings is 1. The highest BCUT2D eigenvalue weighted by Crippen LogP contribution is 2.22.